The first kappa shape index (κ1) is 23.9. The molecule has 2 fully saturated rings. The Hall–Kier alpha value is -0.120. The second-order valence-electron chi connectivity index (χ2n) is 7.51. The van der Waals surface area contributed by atoms with E-state index in [1.807, 2.05) is 0 Å². The molecule has 0 aliphatic carbocycles. The van der Waals surface area contributed by atoms with Gasteiger partial charge in [-0.25, -0.2) is 0 Å². The summed E-state index contributed by atoms with van der Waals surface area (Å²) in [5.41, 5.74) is 0. The lowest BCUT2D eigenvalue weighted by atomic mass is 10.2. The van der Waals surface area contributed by atoms with Crippen molar-refractivity contribution < 1.29 is 4.74 Å². The highest BCUT2D eigenvalue weighted by Gasteiger charge is 2.26. The molecule has 2 rings (SSSR count). The number of hydrogen-bond donors (Lipinski definition) is 1. The number of halogens is 1. The summed E-state index contributed by atoms with van der Waals surface area (Å²) < 4.78 is 5.56. The summed E-state index contributed by atoms with van der Waals surface area (Å²) in [6.07, 6.45) is 2.63. The van der Waals surface area contributed by atoms with E-state index in [0.29, 0.717) is 18.1 Å². The quantitative estimate of drug-likeness (QED) is 0.343. The predicted molar refractivity (Wildman–Crippen MR) is 121 cm³/mol. The Bertz CT molecular complexity index is 423. The molecule has 2 heterocycles. The molecular formula is C19H40IN5O. The molecule has 0 aromatic rings. The number of likely N-dealkylation sites (tertiary alicyclic amines) is 1. The Morgan fingerprint density at radius 3 is 2.77 bits per heavy atom. The summed E-state index contributed by atoms with van der Waals surface area (Å²) in [6.45, 7) is 16.8. The van der Waals surface area contributed by atoms with Gasteiger partial charge >= 0.3 is 0 Å². The van der Waals surface area contributed by atoms with Crippen LogP contribution >= 0.6 is 24.0 Å². The van der Waals surface area contributed by atoms with Crippen molar-refractivity contribution >= 4 is 29.9 Å². The summed E-state index contributed by atoms with van der Waals surface area (Å²) in [6, 6.07) is 1.59. The molecule has 0 amide bonds. The second kappa shape index (κ2) is 12.4. The number of nitrogens with zero attached hydrogens (tertiary/aromatic N) is 4. The highest BCUT2D eigenvalue weighted by Crippen LogP contribution is 2.17. The lowest BCUT2D eigenvalue weighted by Crippen LogP contribution is -2.50. The SMILES string of the molecule is CCNC(=NCC(C)N1CCOCC1C)N(C)CC1CCCN1CC.I. The fraction of sp³-hybridized carbons (Fsp3) is 0.947. The zero-order valence-corrected chi connectivity index (χ0v) is 19.7. The van der Waals surface area contributed by atoms with E-state index in [2.05, 4.69) is 54.8 Å². The Morgan fingerprint density at radius 2 is 2.12 bits per heavy atom. The van der Waals surface area contributed by atoms with Crippen LogP contribution < -0.4 is 5.32 Å². The van der Waals surface area contributed by atoms with Gasteiger partial charge in [0.2, 0.25) is 0 Å². The van der Waals surface area contributed by atoms with Crippen LogP contribution in [0.15, 0.2) is 4.99 Å². The second-order valence-corrected chi connectivity index (χ2v) is 7.51. The van der Waals surface area contributed by atoms with Crippen molar-refractivity contribution in [1.29, 1.82) is 0 Å². The maximum Gasteiger partial charge on any atom is 0.193 e. The molecule has 3 unspecified atom stereocenters. The van der Waals surface area contributed by atoms with Gasteiger partial charge in [0.25, 0.3) is 0 Å². The van der Waals surface area contributed by atoms with Gasteiger partial charge in [-0.2, -0.15) is 0 Å². The van der Waals surface area contributed by atoms with Gasteiger partial charge in [-0.15, -0.1) is 24.0 Å². The van der Waals surface area contributed by atoms with E-state index in [9.17, 15) is 0 Å². The third-order valence-electron chi connectivity index (χ3n) is 5.58. The van der Waals surface area contributed by atoms with Crippen LogP contribution in [0.1, 0.15) is 40.5 Å². The molecule has 6 nitrogen and oxygen atoms in total. The standard InChI is InChI=1S/C19H39N5O.HI/c1-6-20-19(22(5)14-18-9-8-10-23(18)7-2)21-13-16(3)24-11-12-25-15-17(24)4;/h16-18H,6-15H2,1-5H3,(H,20,21);1H. The van der Waals surface area contributed by atoms with Gasteiger partial charge in [0, 0.05) is 44.8 Å². The molecule has 26 heavy (non-hydrogen) atoms. The molecule has 7 heteroatoms. The van der Waals surface area contributed by atoms with E-state index in [1.54, 1.807) is 0 Å². The molecule has 0 aromatic heterocycles. The molecule has 0 bridgehead atoms. The van der Waals surface area contributed by atoms with Gasteiger partial charge in [-0.3, -0.25) is 14.8 Å². The van der Waals surface area contributed by atoms with E-state index < -0.39 is 0 Å². The molecule has 0 spiro atoms. The van der Waals surface area contributed by atoms with Crippen LogP contribution in [0.25, 0.3) is 0 Å². The summed E-state index contributed by atoms with van der Waals surface area (Å²) in [4.78, 5) is 12.4. The Balaban J connectivity index is 0.00000338. The third kappa shape index (κ3) is 6.80. The van der Waals surface area contributed by atoms with Crippen LogP contribution in [0.5, 0.6) is 0 Å². The molecular weight excluding hydrogens is 441 g/mol. The summed E-state index contributed by atoms with van der Waals surface area (Å²) in [5, 5.41) is 3.47. The zero-order chi connectivity index (χ0) is 18.2. The first-order valence-electron chi connectivity index (χ1n) is 10.1. The van der Waals surface area contributed by atoms with Gasteiger partial charge < -0.3 is 15.0 Å². The van der Waals surface area contributed by atoms with E-state index in [0.717, 1.165) is 51.9 Å². The fourth-order valence-corrected chi connectivity index (χ4v) is 4.11. The van der Waals surface area contributed by atoms with Gasteiger partial charge in [0.15, 0.2) is 5.96 Å². The van der Waals surface area contributed by atoms with E-state index in [1.165, 1.54) is 19.4 Å². The first-order valence-corrected chi connectivity index (χ1v) is 10.1. The highest BCUT2D eigenvalue weighted by molar-refractivity contribution is 14.0. The van der Waals surface area contributed by atoms with E-state index in [4.69, 9.17) is 9.73 Å². The van der Waals surface area contributed by atoms with Crippen molar-refractivity contribution in [1.82, 2.24) is 20.0 Å². The smallest absolute Gasteiger partial charge is 0.193 e. The van der Waals surface area contributed by atoms with Crippen molar-refractivity contribution in [3.05, 3.63) is 0 Å². The fourth-order valence-electron chi connectivity index (χ4n) is 4.11. The van der Waals surface area contributed by atoms with Crippen LogP contribution in [0.4, 0.5) is 0 Å². The molecule has 1 N–H and O–H groups in total. The van der Waals surface area contributed by atoms with Crippen LogP contribution in [0.3, 0.4) is 0 Å². The Labute approximate surface area is 177 Å². The number of morpholine rings is 1. The summed E-state index contributed by atoms with van der Waals surface area (Å²) in [7, 11) is 2.18. The minimum absolute atomic E-state index is 0. The number of nitrogens with one attached hydrogen (secondary N) is 1. The first-order chi connectivity index (χ1) is 12.1. The van der Waals surface area contributed by atoms with Crippen LogP contribution in [-0.4, -0.2) is 98.3 Å². The maximum absolute atomic E-state index is 5.56. The molecule has 3 atom stereocenters. The normalized spacial score (nSPS) is 26.4. The number of aliphatic imine (C=N–C) groups is 1. The molecule has 0 aromatic carbocycles. The van der Waals surface area contributed by atoms with Crippen LogP contribution in [0.2, 0.25) is 0 Å². The predicted octanol–water partition coefficient (Wildman–Crippen LogP) is 2.10. The third-order valence-corrected chi connectivity index (χ3v) is 5.58. The highest BCUT2D eigenvalue weighted by atomic mass is 127. The number of rotatable bonds is 7. The van der Waals surface area contributed by atoms with Gasteiger partial charge in [0.05, 0.1) is 19.8 Å². The summed E-state index contributed by atoms with van der Waals surface area (Å²) >= 11 is 0. The number of likely N-dealkylation sites (N-methyl/N-ethyl adjacent to an activating group) is 2. The zero-order valence-electron chi connectivity index (χ0n) is 17.4. The number of guanidine groups is 1. The Morgan fingerprint density at radius 1 is 1.35 bits per heavy atom. The van der Waals surface area contributed by atoms with Crippen LogP contribution in [0, 0.1) is 0 Å². The van der Waals surface area contributed by atoms with E-state index >= 15 is 0 Å². The lowest BCUT2D eigenvalue weighted by molar-refractivity contribution is -0.0166. The topological polar surface area (TPSA) is 43.3 Å². The minimum atomic E-state index is 0. The largest absolute Gasteiger partial charge is 0.379 e. The number of ether oxygens (including phenoxy) is 1. The average molecular weight is 481 g/mol. The maximum atomic E-state index is 5.56. The van der Waals surface area contributed by atoms with Crippen molar-refractivity contribution in [2.75, 3.05) is 59.5 Å². The molecule has 154 valence electrons. The van der Waals surface area contributed by atoms with Crippen molar-refractivity contribution in [3.63, 3.8) is 0 Å². The Kier molecular flexibility index (Phi) is 11.4. The lowest BCUT2D eigenvalue weighted by Gasteiger charge is -2.37. The van der Waals surface area contributed by atoms with Crippen molar-refractivity contribution in [3.8, 4) is 0 Å². The monoisotopic (exact) mass is 481 g/mol. The molecule has 0 saturated carbocycles. The average Bonchev–Trinajstić information content (AvgIpc) is 3.05. The molecule has 2 saturated heterocycles. The molecule has 0 radical (unpaired) electrons. The molecule has 2 aliphatic rings. The number of hydrogen-bond acceptors (Lipinski definition) is 4. The van der Waals surface area contributed by atoms with Gasteiger partial charge in [-0.05, 0) is 46.7 Å². The van der Waals surface area contributed by atoms with E-state index in [-0.39, 0.29) is 24.0 Å². The van der Waals surface area contributed by atoms with Crippen LogP contribution in [-0.2, 0) is 4.74 Å². The van der Waals surface area contributed by atoms with Crippen molar-refractivity contribution in [2.24, 2.45) is 4.99 Å². The molecule has 2 aliphatic heterocycles. The van der Waals surface area contributed by atoms with Gasteiger partial charge in [0.1, 0.15) is 0 Å². The van der Waals surface area contributed by atoms with Gasteiger partial charge in [-0.1, -0.05) is 6.92 Å². The summed E-state index contributed by atoms with van der Waals surface area (Å²) in [5.74, 6) is 1.04. The minimum Gasteiger partial charge on any atom is -0.379 e. The van der Waals surface area contributed by atoms with Crippen molar-refractivity contribution in [2.45, 2.75) is 58.7 Å².